The summed E-state index contributed by atoms with van der Waals surface area (Å²) in [7, 11) is 3.07. The quantitative estimate of drug-likeness (QED) is 0.464. The summed E-state index contributed by atoms with van der Waals surface area (Å²) in [6.07, 6.45) is 1.82. The lowest BCUT2D eigenvalue weighted by molar-refractivity contribution is -0.136. The smallest absolute Gasteiger partial charge is 0.333 e. The zero-order chi connectivity index (χ0) is 14.1. The van der Waals surface area contributed by atoms with Gasteiger partial charge in [-0.1, -0.05) is 30.3 Å². The highest BCUT2D eigenvalue weighted by Gasteiger charge is 2.02. The second-order valence-electron chi connectivity index (χ2n) is 4.21. The summed E-state index contributed by atoms with van der Waals surface area (Å²) in [6.45, 7) is 3.72. The van der Waals surface area contributed by atoms with E-state index in [1.54, 1.807) is 14.0 Å². The van der Waals surface area contributed by atoms with Gasteiger partial charge in [-0.05, 0) is 18.1 Å². The lowest BCUT2D eigenvalue weighted by Gasteiger charge is -2.09. The summed E-state index contributed by atoms with van der Waals surface area (Å²) in [6, 6.07) is 8.12. The van der Waals surface area contributed by atoms with Gasteiger partial charge in [-0.3, -0.25) is 0 Å². The molecule has 0 aromatic heterocycles. The Morgan fingerprint density at radius 2 is 1.95 bits per heavy atom. The maximum absolute atomic E-state index is 11.2. The second-order valence-corrected chi connectivity index (χ2v) is 4.21. The van der Waals surface area contributed by atoms with Crippen molar-refractivity contribution in [3.8, 4) is 0 Å². The fourth-order valence-corrected chi connectivity index (χ4v) is 1.70. The predicted molar refractivity (Wildman–Crippen MR) is 74.6 cm³/mol. The number of carbonyl (C=O) groups is 1. The molecule has 0 atom stereocenters. The molecule has 0 saturated carbocycles. The molecule has 0 aliphatic rings. The van der Waals surface area contributed by atoms with Crippen molar-refractivity contribution < 1.29 is 14.3 Å². The zero-order valence-electron chi connectivity index (χ0n) is 11.7. The highest BCUT2D eigenvalue weighted by Crippen LogP contribution is 2.09. The second kappa shape index (κ2) is 8.45. The molecule has 4 heteroatoms. The fourth-order valence-electron chi connectivity index (χ4n) is 1.70. The monoisotopic (exact) mass is 263 g/mol. The molecule has 0 fully saturated rings. The average molecular weight is 263 g/mol. The number of benzene rings is 1. The van der Waals surface area contributed by atoms with E-state index in [9.17, 15) is 4.79 Å². The normalized spacial score (nSPS) is 11.4. The minimum Gasteiger partial charge on any atom is -0.466 e. The molecule has 4 nitrogen and oxygen atoms in total. The van der Waals surface area contributed by atoms with Gasteiger partial charge in [0.25, 0.3) is 0 Å². The van der Waals surface area contributed by atoms with Crippen molar-refractivity contribution in [3.05, 3.63) is 47.0 Å². The van der Waals surface area contributed by atoms with Gasteiger partial charge >= 0.3 is 5.97 Å². The van der Waals surface area contributed by atoms with Crippen LogP contribution in [0.5, 0.6) is 0 Å². The maximum atomic E-state index is 11.2. The molecule has 0 spiro atoms. The van der Waals surface area contributed by atoms with Gasteiger partial charge in [0.15, 0.2) is 0 Å². The summed E-state index contributed by atoms with van der Waals surface area (Å²) in [5.74, 6) is -0.290. The molecule has 0 radical (unpaired) electrons. The van der Waals surface area contributed by atoms with E-state index >= 15 is 0 Å². The Bertz CT molecular complexity index is 441. The van der Waals surface area contributed by atoms with E-state index in [1.807, 2.05) is 18.2 Å². The van der Waals surface area contributed by atoms with Crippen molar-refractivity contribution in [2.45, 2.75) is 20.1 Å². The van der Waals surface area contributed by atoms with Gasteiger partial charge in [-0.2, -0.15) is 0 Å². The van der Waals surface area contributed by atoms with Crippen LogP contribution in [0.1, 0.15) is 18.1 Å². The third-order valence-electron chi connectivity index (χ3n) is 2.79. The summed E-state index contributed by atoms with van der Waals surface area (Å²) in [4.78, 5) is 11.2. The Balaban J connectivity index is 2.47. The van der Waals surface area contributed by atoms with Crippen molar-refractivity contribution in [2.75, 3.05) is 20.8 Å². The molecule has 0 unspecified atom stereocenters. The highest BCUT2D eigenvalue weighted by molar-refractivity contribution is 5.87. The average Bonchev–Trinajstić information content (AvgIpc) is 2.44. The number of hydrogen-bond donors (Lipinski definition) is 1. The van der Waals surface area contributed by atoms with Crippen molar-refractivity contribution >= 4 is 5.97 Å². The molecule has 0 saturated heterocycles. The molecule has 0 heterocycles. The van der Waals surface area contributed by atoms with E-state index in [1.165, 1.54) is 18.2 Å². The number of methoxy groups -OCH3 is 2. The molecule has 0 bridgehead atoms. The topological polar surface area (TPSA) is 47.6 Å². The van der Waals surface area contributed by atoms with Gasteiger partial charge in [-0.15, -0.1) is 0 Å². The Morgan fingerprint density at radius 1 is 1.26 bits per heavy atom. The first-order valence-electron chi connectivity index (χ1n) is 6.20. The number of nitrogens with one attached hydrogen (secondary N) is 1. The lowest BCUT2D eigenvalue weighted by atomic mass is 10.1. The van der Waals surface area contributed by atoms with Crippen LogP contribution in [0.3, 0.4) is 0 Å². The Morgan fingerprint density at radius 3 is 2.58 bits per heavy atom. The molecule has 0 aliphatic heterocycles. The van der Waals surface area contributed by atoms with Crippen LogP contribution in [0.2, 0.25) is 0 Å². The highest BCUT2D eigenvalue weighted by atomic mass is 16.5. The molecule has 1 aromatic rings. The minimum absolute atomic E-state index is 0.290. The molecular weight excluding hydrogens is 242 g/mol. The number of esters is 1. The van der Waals surface area contributed by atoms with Crippen molar-refractivity contribution in [2.24, 2.45) is 0 Å². The summed E-state index contributed by atoms with van der Waals surface area (Å²) < 4.78 is 9.79. The van der Waals surface area contributed by atoms with E-state index in [4.69, 9.17) is 4.74 Å². The summed E-state index contributed by atoms with van der Waals surface area (Å²) >= 11 is 0. The number of ether oxygens (including phenoxy) is 2. The Kier molecular flexibility index (Phi) is 6.85. The third kappa shape index (κ3) is 5.24. The first kappa shape index (κ1) is 15.4. The van der Waals surface area contributed by atoms with Crippen molar-refractivity contribution in [1.82, 2.24) is 5.32 Å². The van der Waals surface area contributed by atoms with Crippen LogP contribution in [0, 0.1) is 0 Å². The van der Waals surface area contributed by atoms with Gasteiger partial charge in [0.1, 0.15) is 0 Å². The van der Waals surface area contributed by atoms with Crippen LogP contribution < -0.4 is 5.32 Å². The molecule has 1 rings (SSSR count). The van der Waals surface area contributed by atoms with Crippen LogP contribution >= 0.6 is 0 Å². The lowest BCUT2D eigenvalue weighted by Crippen LogP contribution is -2.15. The minimum atomic E-state index is -0.290. The standard InChI is InChI=1S/C15H21NO3/c1-12(15(17)19-3)8-9-16-10-13-6-4-5-7-14(13)11-18-2/h4-8,16H,9-11H2,1-3H3/b12-8-. The fraction of sp³-hybridized carbons (Fsp3) is 0.400. The SMILES string of the molecule is COCc1ccccc1CNC/C=C(/C)C(=O)OC. The van der Waals surface area contributed by atoms with E-state index in [-0.39, 0.29) is 5.97 Å². The predicted octanol–water partition coefficient (Wildman–Crippen LogP) is 2.04. The molecule has 1 aromatic carbocycles. The molecule has 0 amide bonds. The Labute approximate surface area is 114 Å². The van der Waals surface area contributed by atoms with Gasteiger partial charge in [0, 0.05) is 25.8 Å². The van der Waals surface area contributed by atoms with E-state index in [0.29, 0.717) is 18.7 Å². The van der Waals surface area contributed by atoms with Gasteiger partial charge in [0.2, 0.25) is 0 Å². The van der Waals surface area contributed by atoms with Crippen molar-refractivity contribution in [3.63, 3.8) is 0 Å². The molecule has 1 N–H and O–H groups in total. The van der Waals surface area contributed by atoms with E-state index in [0.717, 1.165) is 6.54 Å². The van der Waals surface area contributed by atoms with Crippen LogP contribution in [0.25, 0.3) is 0 Å². The van der Waals surface area contributed by atoms with Crippen LogP contribution in [0.4, 0.5) is 0 Å². The maximum Gasteiger partial charge on any atom is 0.333 e. The van der Waals surface area contributed by atoms with Crippen LogP contribution in [0.15, 0.2) is 35.9 Å². The van der Waals surface area contributed by atoms with Gasteiger partial charge in [-0.25, -0.2) is 4.79 Å². The van der Waals surface area contributed by atoms with Crippen molar-refractivity contribution in [1.29, 1.82) is 0 Å². The first-order valence-corrected chi connectivity index (χ1v) is 6.20. The number of carbonyl (C=O) groups excluding carboxylic acids is 1. The molecular formula is C15H21NO3. The first-order chi connectivity index (χ1) is 9.19. The van der Waals surface area contributed by atoms with E-state index in [2.05, 4.69) is 22.2 Å². The molecule has 0 aliphatic carbocycles. The van der Waals surface area contributed by atoms with Crippen LogP contribution in [-0.4, -0.2) is 26.7 Å². The number of rotatable bonds is 7. The van der Waals surface area contributed by atoms with Gasteiger partial charge in [0.05, 0.1) is 13.7 Å². The summed E-state index contributed by atoms with van der Waals surface area (Å²) in [5, 5.41) is 3.27. The Hall–Kier alpha value is -1.65. The van der Waals surface area contributed by atoms with E-state index < -0.39 is 0 Å². The largest absolute Gasteiger partial charge is 0.466 e. The molecule has 104 valence electrons. The summed E-state index contributed by atoms with van der Waals surface area (Å²) in [5.41, 5.74) is 2.99. The van der Waals surface area contributed by atoms with Crippen LogP contribution in [-0.2, 0) is 27.4 Å². The van der Waals surface area contributed by atoms with Gasteiger partial charge < -0.3 is 14.8 Å². The zero-order valence-corrected chi connectivity index (χ0v) is 11.7. The molecule has 19 heavy (non-hydrogen) atoms. The third-order valence-corrected chi connectivity index (χ3v) is 2.79. The number of hydrogen-bond acceptors (Lipinski definition) is 4.